The van der Waals surface area contributed by atoms with E-state index < -0.39 is 0 Å². The smallest absolute Gasteiger partial charge is 0.223 e. The third-order valence-corrected chi connectivity index (χ3v) is 4.05. The normalized spacial score (nSPS) is 19.9. The molecule has 4 heteroatoms. The quantitative estimate of drug-likeness (QED) is 0.896. The molecule has 110 valence electrons. The second kappa shape index (κ2) is 6.75. The SMILES string of the molecule is COc1ccccc1C(C)CC(=O)N1CCC(CO)C1. The topological polar surface area (TPSA) is 49.8 Å². The van der Waals surface area contributed by atoms with Crippen LogP contribution in [-0.2, 0) is 4.79 Å². The van der Waals surface area contributed by atoms with E-state index in [2.05, 4.69) is 6.92 Å². The van der Waals surface area contributed by atoms with Crippen molar-refractivity contribution in [2.45, 2.75) is 25.7 Å². The molecular formula is C16H23NO3. The van der Waals surface area contributed by atoms with Crippen LogP contribution in [0.2, 0.25) is 0 Å². The van der Waals surface area contributed by atoms with E-state index in [4.69, 9.17) is 9.84 Å². The molecule has 1 aliphatic heterocycles. The Morgan fingerprint density at radius 1 is 1.50 bits per heavy atom. The summed E-state index contributed by atoms with van der Waals surface area (Å²) >= 11 is 0. The van der Waals surface area contributed by atoms with Gasteiger partial charge >= 0.3 is 0 Å². The van der Waals surface area contributed by atoms with Gasteiger partial charge in [-0.25, -0.2) is 0 Å². The molecule has 1 aromatic rings. The molecule has 0 radical (unpaired) electrons. The fourth-order valence-corrected chi connectivity index (χ4v) is 2.78. The highest BCUT2D eigenvalue weighted by Crippen LogP contribution is 2.29. The van der Waals surface area contributed by atoms with Crippen LogP contribution >= 0.6 is 0 Å². The van der Waals surface area contributed by atoms with Crippen molar-refractivity contribution >= 4 is 5.91 Å². The summed E-state index contributed by atoms with van der Waals surface area (Å²) < 4.78 is 5.35. The summed E-state index contributed by atoms with van der Waals surface area (Å²) in [5.74, 6) is 1.38. The number of carbonyl (C=O) groups is 1. The van der Waals surface area contributed by atoms with Gasteiger partial charge in [-0.15, -0.1) is 0 Å². The Hall–Kier alpha value is -1.55. The van der Waals surface area contributed by atoms with Crippen molar-refractivity contribution in [3.8, 4) is 5.75 Å². The first-order valence-corrected chi connectivity index (χ1v) is 7.17. The van der Waals surface area contributed by atoms with Crippen LogP contribution in [0.3, 0.4) is 0 Å². The zero-order valence-corrected chi connectivity index (χ0v) is 12.2. The first-order valence-electron chi connectivity index (χ1n) is 7.17. The number of hydrogen-bond acceptors (Lipinski definition) is 3. The van der Waals surface area contributed by atoms with Crippen LogP contribution in [-0.4, -0.2) is 42.7 Å². The zero-order valence-electron chi connectivity index (χ0n) is 12.2. The number of aliphatic hydroxyl groups excluding tert-OH is 1. The first-order chi connectivity index (χ1) is 9.65. The van der Waals surface area contributed by atoms with Gasteiger partial charge in [0.25, 0.3) is 0 Å². The van der Waals surface area contributed by atoms with Gasteiger partial charge in [-0.1, -0.05) is 25.1 Å². The van der Waals surface area contributed by atoms with Gasteiger partial charge in [0.2, 0.25) is 5.91 Å². The van der Waals surface area contributed by atoms with Crippen LogP contribution in [0.5, 0.6) is 5.75 Å². The molecular weight excluding hydrogens is 254 g/mol. The second-order valence-corrected chi connectivity index (χ2v) is 5.52. The molecule has 0 spiro atoms. The monoisotopic (exact) mass is 277 g/mol. The molecule has 1 aliphatic rings. The summed E-state index contributed by atoms with van der Waals surface area (Å²) in [6.07, 6.45) is 1.39. The van der Waals surface area contributed by atoms with Crippen molar-refractivity contribution in [1.29, 1.82) is 0 Å². The summed E-state index contributed by atoms with van der Waals surface area (Å²) in [6, 6.07) is 7.84. The van der Waals surface area contributed by atoms with Crippen molar-refractivity contribution in [1.82, 2.24) is 4.90 Å². The lowest BCUT2D eigenvalue weighted by Crippen LogP contribution is -2.30. The molecule has 2 unspecified atom stereocenters. The van der Waals surface area contributed by atoms with Crippen LogP contribution in [0.1, 0.15) is 31.2 Å². The van der Waals surface area contributed by atoms with E-state index in [0.717, 1.165) is 24.3 Å². The minimum absolute atomic E-state index is 0.131. The first kappa shape index (κ1) is 14.9. The molecule has 2 rings (SSSR count). The van der Waals surface area contributed by atoms with Crippen molar-refractivity contribution < 1.29 is 14.6 Å². The predicted octanol–water partition coefficient (Wildman–Crippen LogP) is 2.03. The van der Waals surface area contributed by atoms with Gasteiger partial charge in [0.1, 0.15) is 5.75 Å². The fraction of sp³-hybridized carbons (Fsp3) is 0.562. The Labute approximate surface area is 120 Å². The number of carbonyl (C=O) groups excluding carboxylic acids is 1. The highest BCUT2D eigenvalue weighted by Gasteiger charge is 2.27. The average Bonchev–Trinajstić information content (AvgIpc) is 2.96. The van der Waals surface area contributed by atoms with Gasteiger partial charge in [-0.05, 0) is 24.0 Å². The van der Waals surface area contributed by atoms with Crippen LogP contribution in [0.4, 0.5) is 0 Å². The molecule has 4 nitrogen and oxygen atoms in total. The molecule has 0 bridgehead atoms. The molecule has 0 saturated carbocycles. The maximum absolute atomic E-state index is 12.3. The zero-order chi connectivity index (χ0) is 14.5. The van der Waals surface area contributed by atoms with Gasteiger partial charge in [0.15, 0.2) is 0 Å². The van der Waals surface area contributed by atoms with E-state index in [1.807, 2.05) is 29.2 Å². The lowest BCUT2D eigenvalue weighted by molar-refractivity contribution is -0.130. The van der Waals surface area contributed by atoms with Crippen molar-refractivity contribution in [3.05, 3.63) is 29.8 Å². The largest absolute Gasteiger partial charge is 0.496 e. The molecule has 1 saturated heterocycles. The van der Waals surface area contributed by atoms with E-state index in [1.165, 1.54) is 0 Å². The van der Waals surface area contributed by atoms with Crippen LogP contribution in [0.15, 0.2) is 24.3 Å². The summed E-state index contributed by atoms with van der Waals surface area (Å²) in [4.78, 5) is 14.2. The van der Waals surface area contributed by atoms with E-state index in [9.17, 15) is 4.79 Å². The number of methoxy groups -OCH3 is 1. The number of amides is 1. The van der Waals surface area contributed by atoms with Gasteiger partial charge in [-0.3, -0.25) is 4.79 Å². The third-order valence-electron chi connectivity index (χ3n) is 4.05. The Bertz CT molecular complexity index is 461. The molecule has 2 atom stereocenters. The number of benzene rings is 1. The molecule has 1 aromatic carbocycles. The predicted molar refractivity (Wildman–Crippen MR) is 77.8 cm³/mol. The molecule has 1 N–H and O–H groups in total. The Kier molecular flexibility index (Phi) is 5.01. The maximum atomic E-state index is 12.3. The number of hydrogen-bond donors (Lipinski definition) is 1. The van der Waals surface area contributed by atoms with E-state index in [1.54, 1.807) is 7.11 Å². The number of rotatable bonds is 5. The molecule has 0 aromatic heterocycles. The number of para-hydroxylation sites is 1. The van der Waals surface area contributed by atoms with Crippen molar-refractivity contribution in [3.63, 3.8) is 0 Å². The molecule has 1 amide bonds. The summed E-state index contributed by atoms with van der Waals surface area (Å²) in [5, 5.41) is 9.14. The van der Waals surface area contributed by atoms with E-state index in [-0.39, 0.29) is 24.3 Å². The van der Waals surface area contributed by atoms with Gasteiger partial charge < -0.3 is 14.7 Å². The minimum atomic E-state index is 0.131. The highest BCUT2D eigenvalue weighted by molar-refractivity contribution is 5.77. The Morgan fingerprint density at radius 2 is 2.25 bits per heavy atom. The number of nitrogens with zero attached hydrogens (tertiary/aromatic N) is 1. The summed E-state index contributed by atoms with van der Waals surface area (Å²) in [6.45, 7) is 3.68. The number of aliphatic hydroxyl groups is 1. The third kappa shape index (κ3) is 3.31. The van der Waals surface area contributed by atoms with Crippen molar-refractivity contribution in [2.24, 2.45) is 5.92 Å². The van der Waals surface area contributed by atoms with E-state index in [0.29, 0.717) is 13.0 Å². The summed E-state index contributed by atoms with van der Waals surface area (Å²) in [5.41, 5.74) is 1.07. The van der Waals surface area contributed by atoms with Gasteiger partial charge in [0, 0.05) is 32.0 Å². The standard InChI is InChI=1S/C16H23NO3/c1-12(14-5-3-4-6-15(14)20-2)9-16(19)17-8-7-13(10-17)11-18/h3-6,12-13,18H,7-11H2,1-2H3. The fourth-order valence-electron chi connectivity index (χ4n) is 2.78. The van der Waals surface area contributed by atoms with Crippen LogP contribution in [0, 0.1) is 5.92 Å². The van der Waals surface area contributed by atoms with Crippen LogP contribution in [0.25, 0.3) is 0 Å². The van der Waals surface area contributed by atoms with Gasteiger partial charge in [0.05, 0.1) is 7.11 Å². The number of likely N-dealkylation sites (tertiary alicyclic amines) is 1. The molecule has 0 aliphatic carbocycles. The molecule has 20 heavy (non-hydrogen) atoms. The lowest BCUT2D eigenvalue weighted by atomic mass is 9.96. The molecule has 1 heterocycles. The highest BCUT2D eigenvalue weighted by atomic mass is 16.5. The van der Waals surface area contributed by atoms with Crippen molar-refractivity contribution in [2.75, 3.05) is 26.8 Å². The van der Waals surface area contributed by atoms with E-state index >= 15 is 0 Å². The maximum Gasteiger partial charge on any atom is 0.223 e. The summed E-state index contributed by atoms with van der Waals surface area (Å²) in [7, 11) is 1.65. The Balaban J connectivity index is 1.97. The van der Waals surface area contributed by atoms with Crippen LogP contribution < -0.4 is 4.74 Å². The number of ether oxygens (including phenoxy) is 1. The lowest BCUT2D eigenvalue weighted by Gasteiger charge is -2.20. The van der Waals surface area contributed by atoms with Gasteiger partial charge in [-0.2, -0.15) is 0 Å². The average molecular weight is 277 g/mol. The Morgan fingerprint density at radius 3 is 2.90 bits per heavy atom. The second-order valence-electron chi connectivity index (χ2n) is 5.52. The minimum Gasteiger partial charge on any atom is -0.496 e. The molecule has 1 fully saturated rings.